The maximum atomic E-state index is 12.3. The van der Waals surface area contributed by atoms with Crippen molar-refractivity contribution in [1.82, 2.24) is 10.2 Å². The summed E-state index contributed by atoms with van der Waals surface area (Å²) in [5, 5.41) is 3.05. The number of carbonyl (C=O) groups is 1. The normalized spacial score (nSPS) is 22.0. The van der Waals surface area contributed by atoms with Crippen LogP contribution in [0.25, 0.3) is 0 Å². The van der Waals surface area contributed by atoms with Crippen LogP contribution in [-0.2, 0) is 17.6 Å². The highest BCUT2D eigenvalue weighted by Crippen LogP contribution is 2.30. The highest BCUT2D eigenvalue weighted by Gasteiger charge is 2.23. The molecule has 1 aromatic heterocycles. The Morgan fingerprint density at radius 2 is 2.36 bits per heavy atom. The monoisotopic (exact) mass is 322 g/mol. The summed E-state index contributed by atoms with van der Waals surface area (Å²) in [7, 11) is 0. The van der Waals surface area contributed by atoms with E-state index in [0.29, 0.717) is 12.5 Å². The van der Waals surface area contributed by atoms with Gasteiger partial charge in [-0.25, -0.2) is 0 Å². The van der Waals surface area contributed by atoms with E-state index in [4.69, 9.17) is 4.74 Å². The van der Waals surface area contributed by atoms with E-state index >= 15 is 0 Å². The summed E-state index contributed by atoms with van der Waals surface area (Å²) in [4.78, 5) is 17.0. The van der Waals surface area contributed by atoms with E-state index in [1.54, 1.807) is 11.3 Å². The fraction of sp³-hybridized carbons (Fsp3) is 0.706. The van der Waals surface area contributed by atoms with Crippen LogP contribution in [0.4, 0.5) is 0 Å². The lowest BCUT2D eigenvalue weighted by molar-refractivity contribution is -0.0295. The number of morpholine rings is 1. The van der Waals surface area contributed by atoms with Gasteiger partial charge in [-0.2, -0.15) is 0 Å². The second kappa shape index (κ2) is 7.11. The molecule has 0 bridgehead atoms. The van der Waals surface area contributed by atoms with Crippen molar-refractivity contribution < 1.29 is 9.53 Å². The summed E-state index contributed by atoms with van der Waals surface area (Å²) in [5.74, 6) is 0.728. The van der Waals surface area contributed by atoms with Crippen molar-refractivity contribution in [1.29, 1.82) is 0 Å². The zero-order valence-electron chi connectivity index (χ0n) is 13.6. The molecule has 5 heteroatoms. The van der Waals surface area contributed by atoms with Crippen LogP contribution in [-0.4, -0.2) is 49.7 Å². The predicted octanol–water partition coefficient (Wildman–Crippen LogP) is 2.32. The van der Waals surface area contributed by atoms with Gasteiger partial charge in [0.25, 0.3) is 5.91 Å². The van der Waals surface area contributed by atoms with Crippen LogP contribution in [0, 0.1) is 5.92 Å². The molecule has 1 aliphatic heterocycles. The van der Waals surface area contributed by atoms with Crippen molar-refractivity contribution >= 4 is 17.2 Å². The van der Waals surface area contributed by atoms with E-state index in [0.717, 1.165) is 44.0 Å². The molecule has 1 aliphatic carbocycles. The molecule has 1 aromatic rings. The van der Waals surface area contributed by atoms with Gasteiger partial charge in [0, 0.05) is 31.1 Å². The molecule has 122 valence electrons. The molecular weight excluding hydrogens is 296 g/mol. The quantitative estimate of drug-likeness (QED) is 0.904. The van der Waals surface area contributed by atoms with Crippen molar-refractivity contribution in [3.8, 4) is 0 Å². The number of nitrogens with zero attached hydrogens (tertiary/aromatic N) is 1. The number of hydrogen-bond acceptors (Lipinski definition) is 4. The first-order valence-electron chi connectivity index (χ1n) is 8.35. The maximum Gasteiger partial charge on any atom is 0.261 e. The summed E-state index contributed by atoms with van der Waals surface area (Å²) >= 11 is 1.66. The molecule has 0 radical (unpaired) electrons. The minimum Gasteiger partial charge on any atom is -0.374 e. The number of thiophene rings is 1. The zero-order chi connectivity index (χ0) is 15.5. The van der Waals surface area contributed by atoms with Crippen LogP contribution >= 0.6 is 11.3 Å². The Balaban J connectivity index is 1.48. The van der Waals surface area contributed by atoms with Gasteiger partial charge in [0.1, 0.15) is 0 Å². The van der Waals surface area contributed by atoms with Gasteiger partial charge in [0.05, 0.1) is 17.6 Å². The van der Waals surface area contributed by atoms with E-state index < -0.39 is 0 Å². The lowest BCUT2D eigenvalue weighted by atomic mass is 10.2. The molecule has 22 heavy (non-hydrogen) atoms. The Bertz CT molecular complexity index is 505. The first-order valence-corrected chi connectivity index (χ1v) is 9.17. The van der Waals surface area contributed by atoms with E-state index in [1.165, 1.54) is 16.9 Å². The van der Waals surface area contributed by atoms with Crippen LogP contribution in [0.15, 0.2) is 6.07 Å². The van der Waals surface area contributed by atoms with Crippen molar-refractivity contribution in [2.24, 2.45) is 5.92 Å². The highest BCUT2D eigenvalue weighted by molar-refractivity contribution is 7.14. The minimum atomic E-state index is 0.0592. The molecule has 4 nitrogen and oxygen atoms in total. The molecule has 3 rings (SSSR count). The molecular formula is C17H26N2O2S. The first kappa shape index (κ1) is 16.0. The van der Waals surface area contributed by atoms with Crippen LogP contribution in [0.2, 0.25) is 0 Å². The third-order valence-electron chi connectivity index (χ3n) is 4.31. The Hall–Kier alpha value is -0.910. The summed E-state index contributed by atoms with van der Waals surface area (Å²) in [6.07, 6.45) is 3.63. The van der Waals surface area contributed by atoms with Gasteiger partial charge < -0.3 is 10.1 Å². The van der Waals surface area contributed by atoms with Crippen LogP contribution in [0.5, 0.6) is 0 Å². The number of aryl methyl sites for hydroxylation is 2. The number of hydrogen-bond donors (Lipinski definition) is 1. The fourth-order valence-corrected chi connectivity index (χ4v) is 4.49. The molecule has 2 heterocycles. The molecule has 0 saturated carbocycles. The van der Waals surface area contributed by atoms with E-state index in [-0.39, 0.29) is 12.0 Å². The Labute approximate surface area is 136 Å². The standard InChI is InChI=1S/C17H26N2O2S/c1-12(2)10-19-6-7-21-14(11-19)9-18-17(20)16-8-13-4-3-5-15(13)22-16/h8,12,14H,3-7,9-11H2,1-2H3,(H,18,20)/t14-/m0/s1. The molecule has 1 fully saturated rings. The maximum absolute atomic E-state index is 12.3. The van der Waals surface area contributed by atoms with Crippen molar-refractivity contribution in [3.63, 3.8) is 0 Å². The van der Waals surface area contributed by atoms with E-state index in [2.05, 4.69) is 30.1 Å². The highest BCUT2D eigenvalue weighted by atomic mass is 32.1. The minimum absolute atomic E-state index is 0.0592. The number of amides is 1. The molecule has 1 saturated heterocycles. The van der Waals surface area contributed by atoms with Gasteiger partial charge in [-0.1, -0.05) is 13.8 Å². The average Bonchev–Trinajstić information content (AvgIpc) is 3.05. The zero-order valence-corrected chi connectivity index (χ0v) is 14.4. The first-order chi connectivity index (χ1) is 10.6. The number of rotatable bonds is 5. The lowest BCUT2D eigenvalue weighted by Crippen LogP contribution is -2.48. The van der Waals surface area contributed by atoms with Gasteiger partial charge in [0.2, 0.25) is 0 Å². The second-order valence-corrected chi connectivity index (χ2v) is 7.91. The SMILES string of the molecule is CC(C)CN1CCO[C@@H](CNC(=O)c2cc3c(s2)CCC3)C1. The summed E-state index contributed by atoms with van der Waals surface area (Å²) in [5.41, 5.74) is 1.38. The van der Waals surface area contributed by atoms with Crippen LogP contribution < -0.4 is 5.32 Å². The predicted molar refractivity (Wildman–Crippen MR) is 89.7 cm³/mol. The van der Waals surface area contributed by atoms with Crippen molar-refractivity contribution in [2.45, 2.75) is 39.2 Å². The molecule has 1 atom stereocenters. The van der Waals surface area contributed by atoms with Gasteiger partial charge in [-0.15, -0.1) is 11.3 Å². The van der Waals surface area contributed by atoms with Gasteiger partial charge >= 0.3 is 0 Å². The molecule has 0 unspecified atom stereocenters. The molecule has 2 aliphatic rings. The molecule has 0 spiro atoms. The van der Waals surface area contributed by atoms with E-state index in [1.807, 2.05) is 0 Å². The Morgan fingerprint density at radius 3 is 3.14 bits per heavy atom. The summed E-state index contributed by atoms with van der Waals surface area (Å²) in [6.45, 7) is 8.87. The number of nitrogens with one attached hydrogen (secondary N) is 1. The van der Waals surface area contributed by atoms with Gasteiger partial charge in [-0.3, -0.25) is 9.69 Å². The number of fused-ring (bicyclic) bond motifs is 1. The third kappa shape index (κ3) is 3.89. The molecule has 1 N–H and O–H groups in total. The molecule has 1 amide bonds. The smallest absolute Gasteiger partial charge is 0.261 e. The summed E-state index contributed by atoms with van der Waals surface area (Å²) < 4.78 is 5.78. The van der Waals surface area contributed by atoms with Gasteiger partial charge in [0.15, 0.2) is 0 Å². The van der Waals surface area contributed by atoms with Crippen molar-refractivity contribution in [2.75, 3.05) is 32.8 Å². The Kier molecular flexibility index (Phi) is 5.16. The van der Waals surface area contributed by atoms with Crippen molar-refractivity contribution in [3.05, 3.63) is 21.4 Å². The molecule has 0 aromatic carbocycles. The van der Waals surface area contributed by atoms with E-state index in [9.17, 15) is 4.79 Å². The average molecular weight is 322 g/mol. The topological polar surface area (TPSA) is 41.6 Å². The fourth-order valence-electron chi connectivity index (χ4n) is 3.32. The second-order valence-electron chi connectivity index (χ2n) is 6.77. The Morgan fingerprint density at radius 1 is 1.50 bits per heavy atom. The van der Waals surface area contributed by atoms with Crippen LogP contribution in [0.1, 0.15) is 40.4 Å². The summed E-state index contributed by atoms with van der Waals surface area (Å²) in [6, 6.07) is 2.08. The largest absolute Gasteiger partial charge is 0.374 e. The number of ether oxygens (including phenoxy) is 1. The van der Waals surface area contributed by atoms with Gasteiger partial charge in [-0.05, 0) is 36.8 Å². The number of carbonyl (C=O) groups excluding carboxylic acids is 1. The third-order valence-corrected chi connectivity index (χ3v) is 5.54. The lowest BCUT2D eigenvalue weighted by Gasteiger charge is -2.33. The van der Waals surface area contributed by atoms with Crippen LogP contribution in [0.3, 0.4) is 0 Å².